The summed E-state index contributed by atoms with van der Waals surface area (Å²) in [5, 5.41) is 0. The molecule has 4 nitrogen and oxygen atoms in total. The highest BCUT2D eigenvalue weighted by Crippen LogP contribution is 2.21. The van der Waals surface area contributed by atoms with E-state index in [0.29, 0.717) is 18.9 Å². The van der Waals surface area contributed by atoms with Crippen molar-refractivity contribution in [3.05, 3.63) is 18.5 Å². The quantitative estimate of drug-likeness (QED) is 0.689. The molecule has 2 heterocycles. The second kappa shape index (κ2) is 3.41. The average Bonchev–Trinajstić information content (AvgIpc) is 2.47. The molecule has 0 spiro atoms. The molecule has 1 unspecified atom stereocenters. The number of amides is 1. The fourth-order valence-electron chi connectivity index (χ4n) is 1.29. The molecule has 0 saturated carbocycles. The number of carbonyl (C=O) groups is 1. The average molecular weight is 242 g/mol. The Bertz CT molecular complexity index is 316. The Hall–Kier alpha value is -0.970. The van der Waals surface area contributed by atoms with E-state index in [9.17, 15) is 4.79 Å². The van der Waals surface area contributed by atoms with E-state index < -0.39 is 0 Å². The maximum absolute atomic E-state index is 11.4. The minimum atomic E-state index is 0.0769. The molecular formula is C8H8BrN3O. The zero-order valence-corrected chi connectivity index (χ0v) is 8.44. The molecule has 1 aromatic rings. The lowest BCUT2D eigenvalue weighted by atomic mass is 10.4. The van der Waals surface area contributed by atoms with Crippen LogP contribution in [0.2, 0.25) is 0 Å². The molecule has 5 heteroatoms. The Morgan fingerprint density at radius 2 is 2.15 bits per heavy atom. The Morgan fingerprint density at radius 3 is 2.69 bits per heavy atom. The first-order chi connectivity index (χ1) is 6.27. The molecular weight excluding hydrogens is 234 g/mol. The summed E-state index contributed by atoms with van der Waals surface area (Å²) in [6, 6.07) is 1.73. The number of carbonyl (C=O) groups excluding carboxylic acids is 1. The van der Waals surface area contributed by atoms with Crippen molar-refractivity contribution in [1.29, 1.82) is 0 Å². The SMILES string of the molecule is O=C1CC(Br)CN1c1ncccn1. The predicted octanol–water partition coefficient (Wildman–Crippen LogP) is 0.977. The molecule has 2 rings (SSSR count). The van der Waals surface area contributed by atoms with E-state index >= 15 is 0 Å². The Morgan fingerprint density at radius 1 is 1.46 bits per heavy atom. The Balaban J connectivity index is 2.23. The molecule has 1 amide bonds. The number of hydrogen-bond acceptors (Lipinski definition) is 3. The first kappa shape index (κ1) is 8.62. The van der Waals surface area contributed by atoms with E-state index in [0.717, 1.165) is 0 Å². The molecule has 0 radical (unpaired) electrons. The molecule has 68 valence electrons. The third-order valence-corrected chi connectivity index (χ3v) is 2.48. The van der Waals surface area contributed by atoms with Crippen LogP contribution in [0.25, 0.3) is 0 Å². The predicted molar refractivity (Wildman–Crippen MR) is 51.7 cm³/mol. The number of hydrogen-bond donors (Lipinski definition) is 0. The summed E-state index contributed by atoms with van der Waals surface area (Å²) in [6.45, 7) is 0.656. The van der Waals surface area contributed by atoms with Crippen molar-refractivity contribution in [2.75, 3.05) is 11.4 Å². The minimum absolute atomic E-state index is 0.0769. The lowest BCUT2D eigenvalue weighted by Gasteiger charge is -2.11. The van der Waals surface area contributed by atoms with Crippen LogP contribution in [-0.4, -0.2) is 27.2 Å². The highest BCUT2D eigenvalue weighted by molar-refractivity contribution is 9.09. The number of aromatic nitrogens is 2. The van der Waals surface area contributed by atoms with Crippen LogP contribution in [0.1, 0.15) is 6.42 Å². The number of halogens is 1. The van der Waals surface area contributed by atoms with Crippen LogP contribution in [-0.2, 0) is 4.79 Å². The van der Waals surface area contributed by atoms with Crippen LogP contribution < -0.4 is 4.90 Å². The van der Waals surface area contributed by atoms with Gasteiger partial charge in [-0.2, -0.15) is 0 Å². The summed E-state index contributed by atoms with van der Waals surface area (Å²) >= 11 is 3.40. The fraction of sp³-hybridized carbons (Fsp3) is 0.375. The van der Waals surface area contributed by atoms with Crippen molar-refractivity contribution >= 4 is 27.8 Å². The number of rotatable bonds is 1. The van der Waals surface area contributed by atoms with Crippen molar-refractivity contribution in [3.63, 3.8) is 0 Å². The fourth-order valence-corrected chi connectivity index (χ4v) is 1.85. The topological polar surface area (TPSA) is 46.1 Å². The highest BCUT2D eigenvalue weighted by Gasteiger charge is 2.30. The van der Waals surface area contributed by atoms with Gasteiger partial charge in [0.25, 0.3) is 0 Å². The van der Waals surface area contributed by atoms with Crippen molar-refractivity contribution in [3.8, 4) is 0 Å². The summed E-state index contributed by atoms with van der Waals surface area (Å²) < 4.78 is 0. The van der Waals surface area contributed by atoms with Gasteiger partial charge in [-0.15, -0.1) is 0 Å². The maximum Gasteiger partial charge on any atom is 0.232 e. The van der Waals surface area contributed by atoms with Crippen LogP contribution >= 0.6 is 15.9 Å². The van der Waals surface area contributed by atoms with Gasteiger partial charge in [-0.05, 0) is 6.07 Å². The summed E-state index contributed by atoms with van der Waals surface area (Å²) in [4.78, 5) is 21.3. The van der Waals surface area contributed by atoms with Gasteiger partial charge < -0.3 is 0 Å². The van der Waals surface area contributed by atoms with E-state index in [2.05, 4.69) is 25.9 Å². The standard InChI is InChI=1S/C8H8BrN3O/c9-6-4-7(13)12(5-6)8-10-2-1-3-11-8/h1-3,6H,4-5H2. The highest BCUT2D eigenvalue weighted by atomic mass is 79.9. The molecule has 0 aromatic carbocycles. The van der Waals surface area contributed by atoms with Gasteiger partial charge in [-0.25, -0.2) is 9.97 Å². The summed E-state index contributed by atoms with van der Waals surface area (Å²) in [6.07, 6.45) is 3.80. The number of anilines is 1. The van der Waals surface area contributed by atoms with Gasteiger partial charge >= 0.3 is 0 Å². The zero-order chi connectivity index (χ0) is 9.26. The molecule has 1 aliphatic heterocycles. The van der Waals surface area contributed by atoms with Crippen LogP contribution in [0.3, 0.4) is 0 Å². The minimum Gasteiger partial charge on any atom is -0.280 e. The van der Waals surface area contributed by atoms with Crippen LogP contribution in [0.15, 0.2) is 18.5 Å². The molecule has 13 heavy (non-hydrogen) atoms. The molecule has 0 aliphatic carbocycles. The van der Waals surface area contributed by atoms with E-state index in [1.165, 1.54) is 0 Å². The number of alkyl halides is 1. The largest absolute Gasteiger partial charge is 0.280 e. The maximum atomic E-state index is 11.4. The van der Waals surface area contributed by atoms with Gasteiger partial charge in [0.2, 0.25) is 11.9 Å². The second-order valence-electron chi connectivity index (χ2n) is 2.85. The first-order valence-electron chi connectivity index (χ1n) is 3.99. The molecule has 1 atom stereocenters. The smallest absolute Gasteiger partial charge is 0.232 e. The van der Waals surface area contributed by atoms with E-state index in [-0.39, 0.29) is 10.7 Å². The van der Waals surface area contributed by atoms with Gasteiger partial charge in [-0.1, -0.05) is 15.9 Å². The zero-order valence-electron chi connectivity index (χ0n) is 6.85. The molecule has 0 bridgehead atoms. The van der Waals surface area contributed by atoms with Gasteiger partial charge in [0.05, 0.1) is 0 Å². The molecule has 1 aliphatic rings. The van der Waals surface area contributed by atoms with Gasteiger partial charge in [0.15, 0.2) is 0 Å². The molecule has 1 aromatic heterocycles. The monoisotopic (exact) mass is 241 g/mol. The summed E-state index contributed by atoms with van der Waals surface area (Å²) in [5.41, 5.74) is 0. The summed E-state index contributed by atoms with van der Waals surface area (Å²) in [5.74, 6) is 0.572. The van der Waals surface area contributed by atoms with E-state index in [4.69, 9.17) is 0 Å². The molecule has 0 N–H and O–H groups in total. The number of nitrogens with zero attached hydrogens (tertiary/aromatic N) is 3. The summed E-state index contributed by atoms with van der Waals surface area (Å²) in [7, 11) is 0. The van der Waals surface area contributed by atoms with E-state index in [1.807, 2.05) is 0 Å². The van der Waals surface area contributed by atoms with Gasteiger partial charge in [-0.3, -0.25) is 9.69 Å². The van der Waals surface area contributed by atoms with Gasteiger partial charge in [0, 0.05) is 30.2 Å². The third-order valence-electron chi connectivity index (χ3n) is 1.87. The van der Waals surface area contributed by atoms with Gasteiger partial charge in [0.1, 0.15) is 0 Å². The molecule has 1 fully saturated rings. The third kappa shape index (κ3) is 1.70. The lowest BCUT2D eigenvalue weighted by molar-refractivity contribution is -0.117. The Labute approximate surface area is 84.1 Å². The van der Waals surface area contributed by atoms with Crippen molar-refractivity contribution < 1.29 is 4.79 Å². The molecule has 1 saturated heterocycles. The normalized spacial score (nSPS) is 22.4. The van der Waals surface area contributed by atoms with Crippen LogP contribution in [0.4, 0.5) is 5.95 Å². The van der Waals surface area contributed by atoms with Crippen LogP contribution in [0.5, 0.6) is 0 Å². The Kier molecular flexibility index (Phi) is 2.26. The lowest BCUT2D eigenvalue weighted by Crippen LogP contribution is -2.26. The van der Waals surface area contributed by atoms with E-state index in [1.54, 1.807) is 23.4 Å². The second-order valence-corrected chi connectivity index (χ2v) is 4.15. The van der Waals surface area contributed by atoms with Crippen LogP contribution in [0, 0.1) is 0 Å². The van der Waals surface area contributed by atoms with Crippen molar-refractivity contribution in [1.82, 2.24) is 9.97 Å². The van der Waals surface area contributed by atoms with Crippen molar-refractivity contribution in [2.24, 2.45) is 0 Å². The first-order valence-corrected chi connectivity index (χ1v) is 4.90. The van der Waals surface area contributed by atoms with Crippen molar-refractivity contribution in [2.45, 2.75) is 11.2 Å².